The summed E-state index contributed by atoms with van der Waals surface area (Å²) in [5, 5.41) is 11.5. The third-order valence-electron chi connectivity index (χ3n) is 1.50. The minimum Gasteiger partial charge on any atom is -0.411 e. The van der Waals surface area contributed by atoms with Crippen molar-refractivity contribution in [2.75, 3.05) is 0 Å². The Labute approximate surface area is 65.0 Å². The topological polar surface area (TPSA) is 61.3 Å². The van der Waals surface area contributed by atoms with Crippen molar-refractivity contribution in [3.63, 3.8) is 0 Å². The molecule has 1 heterocycles. The van der Waals surface area contributed by atoms with Gasteiger partial charge in [-0.05, 0) is 20.8 Å². The van der Waals surface area contributed by atoms with Crippen molar-refractivity contribution < 1.29 is 5.21 Å². The summed E-state index contributed by atoms with van der Waals surface area (Å²) in [7, 11) is 0. The molecule has 0 atom stereocenters. The standard InChI is InChI=1S/C7H11N3O/c1-4-7(5(2)10-11)9-6(3)8-4/h11H,1-3H3,(H,8,9)/b10-5+. The van der Waals surface area contributed by atoms with Gasteiger partial charge in [0.25, 0.3) is 0 Å². The van der Waals surface area contributed by atoms with Crippen LogP contribution in [-0.2, 0) is 0 Å². The first-order valence-electron chi connectivity index (χ1n) is 3.37. The fourth-order valence-electron chi connectivity index (χ4n) is 1.01. The van der Waals surface area contributed by atoms with Gasteiger partial charge in [0.1, 0.15) is 17.2 Å². The van der Waals surface area contributed by atoms with E-state index in [0.29, 0.717) is 5.71 Å². The molecule has 0 aromatic carbocycles. The SMILES string of the molecule is C/C(=N\O)c1nc(C)[nH]c1C. The predicted octanol–water partition coefficient (Wildman–Crippen LogP) is 1.22. The molecule has 4 nitrogen and oxygen atoms in total. The maximum Gasteiger partial charge on any atom is 0.109 e. The van der Waals surface area contributed by atoms with E-state index in [0.717, 1.165) is 17.2 Å². The van der Waals surface area contributed by atoms with Crippen molar-refractivity contribution in [3.05, 3.63) is 17.2 Å². The molecule has 0 unspecified atom stereocenters. The molecule has 0 aliphatic heterocycles. The minimum atomic E-state index is 0.534. The number of aryl methyl sites for hydroxylation is 2. The highest BCUT2D eigenvalue weighted by Gasteiger charge is 2.06. The Bertz CT molecular complexity index is 288. The van der Waals surface area contributed by atoms with Crippen molar-refractivity contribution in [3.8, 4) is 0 Å². The van der Waals surface area contributed by atoms with E-state index in [9.17, 15) is 0 Å². The molecule has 1 aromatic rings. The van der Waals surface area contributed by atoms with Crippen LogP contribution in [0.3, 0.4) is 0 Å². The van der Waals surface area contributed by atoms with E-state index in [1.807, 2.05) is 13.8 Å². The summed E-state index contributed by atoms with van der Waals surface area (Å²) in [5.41, 5.74) is 2.19. The van der Waals surface area contributed by atoms with Gasteiger partial charge in [-0.2, -0.15) is 0 Å². The molecule has 0 aliphatic rings. The molecular weight excluding hydrogens is 142 g/mol. The van der Waals surface area contributed by atoms with E-state index in [-0.39, 0.29) is 0 Å². The number of imidazole rings is 1. The monoisotopic (exact) mass is 153 g/mol. The van der Waals surface area contributed by atoms with Crippen LogP contribution < -0.4 is 0 Å². The number of nitrogens with zero attached hydrogens (tertiary/aromatic N) is 2. The molecule has 0 spiro atoms. The zero-order valence-corrected chi connectivity index (χ0v) is 6.84. The first-order valence-corrected chi connectivity index (χ1v) is 3.37. The lowest BCUT2D eigenvalue weighted by molar-refractivity contribution is 0.319. The molecule has 60 valence electrons. The van der Waals surface area contributed by atoms with Crippen LogP contribution in [0.25, 0.3) is 0 Å². The summed E-state index contributed by atoms with van der Waals surface area (Å²) in [5.74, 6) is 0.834. The largest absolute Gasteiger partial charge is 0.411 e. The molecule has 0 radical (unpaired) electrons. The van der Waals surface area contributed by atoms with E-state index in [2.05, 4.69) is 15.1 Å². The van der Waals surface area contributed by atoms with Gasteiger partial charge in [-0.15, -0.1) is 0 Å². The number of aromatic amines is 1. The van der Waals surface area contributed by atoms with Gasteiger partial charge in [0, 0.05) is 5.69 Å². The van der Waals surface area contributed by atoms with Crippen LogP contribution in [-0.4, -0.2) is 20.9 Å². The lowest BCUT2D eigenvalue weighted by Gasteiger charge is -1.91. The number of nitrogens with one attached hydrogen (secondary N) is 1. The molecule has 0 saturated carbocycles. The summed E-state index contributed by atoms with van der Waals surface area (Å²) in [6.07, 6.45) is 0. The Morgan fingerprint density at radius 2 is 2.18 bits per heavy atom. The van der Waals surface area contributed by atoms with Crippen LogP contribution in [0.1, 0.15) is 24.1 Å². The van der Waals surface area contributed by atoms with Crippen LogP contribution >= 0.6 is 0 Å². The highest BCUT2D eigenvalue weighted by atomic mass is 16.4. The maximum absolute atomic E-state index is 8.46. The molecule has 2 N–H and O–H groups in total. The van der Waals surface area contributed by atoms with Crippen LogP contribution in [0, 0.1) is 13.8 Å². The maximum atomic E-state index is 8.46. The third kappa shape index (κ3) is 1.39. The second-order valence-corrected chi connectivity index (χ2v) is 2.48. The van der Waals surface area contributed by atoms with Gasteiger partial charge >= 0.3 is 0 Å². The van der Waals surface area contributed by atoms with Crippen LogP contribution in [0.5, 0.6) is 0 Å². The van der Waals surface area contributed by atoms with Crippen molar-refractivity contribution in [2.45, 2.75) is 20.8 Å². The molecule has 0 saturated heterocycles. The Morgan fingerprint density at radius 1 is 1.55 bits per heavy atom. The Balaban J connectivity index is 3.13. The summed E-state index contributed by atoms with van der Waals surface area (Å²) in [6, 6.07) is 0. The second kappa shape index (κ2) is 2.74. The molecule has 11 heavy (non-hydrogen) atoms. The number of rotatable bonds is 1. The smallest absolute Gasteiger partial charge is 0.109 e. The van der Waals surface area contributed by atoms with E-state index < -0.39 is 0 Å². The van der Waals surface area contributed by atoms with Gasteiger partial charge in [0.15, 0.2) is 0 Å². The minimum absolute atomic E-state index is 0.534. The lowest BCUT2D eigenvalue weighted by atomic mass is 10.2. The van der Waals surface area contributed by atoms with Gasteiger partial charge in [0.05, 0.1) is 0 Å². The van der Waals surface area contributed by atoms with E-state index in [1.165, 1.54) is 0 Å². The lowest BCUT2D eigenvalue weighted by Crippen LogP contribution is -1.97. The number of aromatic nitrogens is 2. The van der Waals surface area contributed by atoms with Gasteiger partial charge in [-0.25, -0.2) is 4.98 Å². The highest BCUT2D eigenvalue weighted by molar-refractivity contribution is 5.97. The van der Waals surface area contributed by atoms with E-state index in [4.69, 9.17) is 5.21 Å². The molecule has 0 aliphatic carbocycles. The normalized spacial score (nSPS) is 12.1. The average molecular weight is 153 g/mol. The molecule has 1 aromatic heterocycles. The number of hydrogen-bond acceptors (Lipinski definition) is 3. The highest BCUT2D eigenvalue weighted by Crippen LogP contribution is 2.04. The van der Waals surface area contributed by atoms with Gasteiger partial charge < -0.3 is 10.2 Å². The molecule has 0 bridgehead atoms. The van der Waals surface area contributed by atoms with Gasteiger partial charge in [-0.1, -0.05) is 5.16 Å². The average Bonchev–Trinajstić information content (AvgIpc) is 2.28. The quantitative estimate of drug-likeness (QED) is 0.362. The molecular formula is C7H11N3O. The van der Waals surface area contributed by atoms with Crippen LogP contribution in [0.4, 0.5) is 0 Å². The first kappa shape index (κ1) is 7.78. The van der Waals surface area contributed by atoms with Crippen molar-refractivity contribution in [1.29, 1.82) is 0 Å². The number of oxime groups is 1. The van der Waals surface area contributed by atoms with Crippen LogP contribution in [0.15, 0.2) is 5.16 Å². The Hall–Kier alpha value is -1.32. The Morgan fingerprint density at radius 3 is 2.55 bits per heavy atom. The summed E-state index contributed by atoms with van der Waals surface area (Å²) in [6.45, 7) is 5.47. The summed E-state index contributed by atoms with van der Waals surface area (Å²) >= 11 is 0. The van der Waals surface area contributed by atoms with Crippen molar-refractivity contribution in [2.24, 2.45) is 5.16 Å². The molecule has 4 heteroatoms. The fraction of sp³-hybridized carbons (Fsp3) is 0.429. The third-order valence-corrected chi connectivity index (χ3v) is 1.50. The summed E-state index contributed by atoms with van der Waals surface area (Å²) in [4.78, 5) is 7.15. The van der Waals surface area contributed by atoms with Crippen molar-refractivity contribution >= 4 is 5.71 Å². The predicted molar refractivity (Wildman–Crippen MR) is 42.1 cm³/mol. The first-order chi connectivity index (χ1) is 5.15. The van der Waals surface area contributed by atoms with Crippen LogP contribution in [0.2, 0.25) is 0 Å². The number of hydrogen-bond donors (Lipinski definition) is 2. The molecule has 0 amide bonds. The summed E-state index contributed by atoms with van der Waals surface area (Å²) < 4.78 is 0. The fourth-order valence-corrected chi connectivity index (χ4v) is 1.01. The Kier molecular flexibility index (Phi) is 1.94. The number of H-pyrrole nitrogens is 1. The zero-order chi connectivity index (χ0) is 8.43. The molecule has 1 rings (SSSR count). The van der Waals surface area contributed by atoms with Gasteiger partial charge in [-0.3, -0.25) is 0 Å². The zero-order valence-electron chi connectivity index (χ0n) is 6.84. The van der Waals surface area contributed by atoms with Gasteiger partial charge in [0.2, 0.25) is 0 Å². The van der Waals surface area contributed by atoms with Crippen molar-refractivity contribution in [1.82, 2.24) is 9.97 Å². The van der Waals surface area contributed by atoms with E-state index in [1.54, 1.807) is 6.92 Å². The molecule has 0 fully saturated rings. The second-order valence-electron chi connectivity index (χ2n) is 2.48. The van der Waals surface area contributed by atoms with E-state index >= 15 is 0 Å².